The SMILES string of the molecule is COC(CNC(=O)c1nccc(Sc2cnc(Nc3ccccn3)s2)c1F)(C1=CCC(C)C=C1)c1ccccc1. The van der Waals surface area contributed by atoms with Crippen LogP contribution in [-0.2, 0) is 10.3 Å². The van der Waals surface area contributed by atoms with Crippen LogP contribution >= 0.6 is 23.1 Å². The number of pyridine rings is 2. The number of ether oxygens (including phenoxy) is 1. The maximum Gasteiger partial charge on any atom is 0.273 e. The number of methoxy groups -OCH3 is 1. The van der Waals surface area contributed by atoms with Crippen molar-refractivity contribution in [2.75, 3.05) is 19.0 Å². The Morgan fingerprint density at radius 1 is 1.12 bits per heavy atom. The predicted molar refractivity (Wildman–Crippen MR) is 156 cm³/mol. The third-order valence-electron chi connectivity index (χ3n) is 6.53. The van der Waals surface area contributed by atoms with E-state index in [2.05, 4.69) is 44.7 Å². The number of carbonyl (C=O) groups is 1. The summed E-state index contributed by atoms with van der Waals surface area (Å²) in [4.78, 5) is 26.2. The lowest BCUT2D eigenvalue weighted by Gasteiger charge is -2.36. The van der Waals surface area contributed by atoms with E-state index in [1.807, 2.05) is 54.6 Å². The Kier molecular flexibility index (Phi) is 8.69. The second-order valence-electron chi connectivity index (χ2n) is 9.21. The Morgan fingerprint density at radius 3 is 2.67 bits per heavy atom. The monoisotopic (exact) mass is 573 g/mol. The largest absolute Gasteiger partial charge is 0.367 e. The molecule has 2 unspecified atom stereocenters. The van der Waals surface area contributed by atoms with Gasteiger partial charge in [0.15, 0.2) is 16.6 Å². The third kappa shape index (κ3) is 6.14. The van der Waals surface area contributed by atoms with E-state index in [1.165, 1.54) is 29.3 Å². The zero-order chi connectivity index (χ0) is 28.0. The first-order valence-electron chi connectivity index (χ1n) is 12.7. The quantitative estimate of drug-likeness (QED) is 0.217. The van der Waals surface area contributed by atoms with Crippen LogP contribution in [-0.4, -0.2) is 34.5 Å². The van der Waals surface area contributed by atoms with Gasteiger partial charge in [-0.25, -0.2) is 19.3 Å². The zero-order valence-corrected chi connectivity index (χ0v) is 23.6. The van der Waals surface area contributed by atoms with Crippen LogP contribution in [0, 0.1) is 11.7 Å². The summed E-state index contributed by atoms with van der Waals surface area (Å²) in [6.45, 7) is 2.25. The number of nitrogens with one attached hydrogen (secondary N) is 2. The van der Waals surface area contributed by atoms with Crippen molar-refractivity contribution in [2.45, 2.75) is 28.1 Å². The zero-order valence-electron chi connectivity index (χ0n) is 22.0. The average molecular weight is 574 g/mol. The van der Waals surface area contributed by atoms with Crippen LogP contribution in [0.15, 0.2) is 106 Å². The molecule has 1 aliphatic carbocycles. The molecule has 204 valence electrons. The number of aromatic nitrogens is 3. The normalized spacial score (nSPS) is 16.2. The van der Waals surface area contributed by atoms with Gasteiger partial charge in [0, 0.05) is 19.5 Å². The minimum atomic E-state index is -0.934. The summed E-state index contributed by atoms with van der Waals surface area (Å²) in [6, 6.07) is 16.8. The number of hydrogen-bond acceptors (Lipinski definition) is 8. The number of rotatable bonds is 10. The van der Waals surface area contributed by atoms with Gasteiger partial charge < -0.3 is 15.4 Å². The Bertz CT molecular complexity index is 1530. The number of allylic oxidation sites excluding steroid dienone is 2. The van der Waals surface area contributed by atoms with E-state index in [-0.39, 0.29) is 17.1 Å². The molecule has 4 aromatic rings. The smallest absolute Gasteiger partial charge is 0.273 e. The van der Waals surface area contributed by atoms with Gasteiger partial charge in [-0.05, 0) is 41.7 Å². The number of halogens is 1. The van der Waals surface area contributed by atoms with Crippen molar-refractivity contribution in [1.29, 1.82) is 0 Å². The average Bonchev–Trinajstić information content (AvgIpc) is 3.43. The first kappa shape index (κ1) is 27.7. The van der Waals surface area contributed by atoms with Crippen LogP contribution in [0.1, 0.15) is 29.4 Å². The molecular formula is C30H28FN5O2S2. The first-order valence-corrected chi connectivity index (χ1v) is 14.4. The molecule has 0 aliphatic heterocycles. The van der Waals surface area contributed by atoms with Crippen molar-refractivity contribution >= 4 is 40.0 Å². The predicted octanol–water partition coefficient (Wildman–Crippen LogP) is 6.76. The van der Waals surface area contributed by atoms with Crippen molar-refractivity contribution in [3.8, 4) is 0 Å². The van der Waals surface area contributed by atoms with Crippen LogP contribution in [0.3, 0.4) is 0 Å². The van der Waals surface area contributed by atoms with Crippen molar-refractivity contribution in [3.05, 3.63) is 114 Å². The fourth-order valence-electron chi connectivity index (χ4n) is 4.38. The second kappa shape index (κ2) is 12.5. The maximum atomic E-state index is 15.5. The van der Waals surface area contributed by atoms with Crippen LogP contribution in [0.5, 0.6) is 0 Å². The number of amides is 1. The van der Waals surface area contributed by atoms with E-state index in [9.17, 15) is 4.79 Å². The number of benzene rings is 1. The summed E-state index contributed by atoms with van der Waals surface area (Å²) in [7, 11) is 1.62. The van der Waals surface area contributed by atoms with Crippen molar-refractivity contribution < 1.29 is 13.9 Å². The van der Waals surface area contributed by atoms with E-state index in [1.54, 1.807) is 25.6 Å². The minimum Gasteiger partial charge on any atom is -0.367 e. The topological polar surface area (TPSA) is 89.0 Å². The molecule has 1 amide bonds. The minimum absolute atomic E-state index is 0.104. The van der Waals surface area contributed by atoms with E-state index in [4.69, 9.17) is 4.74 Å². The molecular weight excluding hydrogens is 545 g/mol. The highest BCUT2D eigenvalue weighted by atomic mass is 32.2. The van der Waals surface area contributed by atoms with Gasteiger partial charge in [-0.2, -0.15) is 0 Å². The molecule has 2 N–H and O–H groups in total. The number of nitrogens with zero attached hydrogens (tertiary/aromatic N) is 3. The van der Waals surface area contributed by atoms with Crippen molar-refractivity contribution in [2.24, 2.45) is 5.92 Å². The number of carbonyl (C=O) groups excluding carboxylic acids is 1. The fraction of sp³-hybridized carbons (Fsp3) is 0.200. The lowest BCUT2D eigenvalue weighted by Crippen LogP contribution is -2.44. The molecule has 1 aliphatic rings. The molecule has 5 rings (SSSR count). The fourth-order valence-corrected chi connectivity index (χ4v) is 6.25. The molecule has 0 spiro atoms. The highest BCUT2D eigenvalue weighted by Crippen LogP contribution is 2.38. The summed E-state index contributed by atoms with van der Waals surface area (Å²) in [5.41, 5.74) is 0.621. The van der Waals surface area contributed by atoms with E-state index >= 15 is 4.39 Å². The molecule has 3 heterocycles. The second-order valence-corrected chi connectivity index (χ2v) is 11.6. The van der Waals surface area contributed by atoms with Crippen LogP contribution in [0.25, 0.3) is 0 Å². The third-order valence-corrected chi connectivity index (χ3v) is 8.58. The van der Waals surface area contributed by atoms with Crippen LogP contribution < -0.4 is 10.6 Å². The van der Waals surface area contributed by atoms with Crippen molar-refractivity contribution in [3.63, 3.8) is 0 Å². The maximum absolute atomic E-state index is 15.5. The number of anilines is 2. The summed E-state index contributed by atoms with van der Waals surface area (Å²) in [5.74, 6) is -0.222. The highest BCUT2D eigenvalue weighted by molar-refractivity contribution is 8.01. The van der Waals surface area contributed by atoms with E-state index in [0.717, 1.165) is 21.8 Å². The van der Waals surface area contributed by atoms with Gasteiger partial charge in [0.05, 0.1) is 21.8 Å². The summed E-state index contributed by atoms with van der Waals surface area (Å²) < 4.78 is 22.4. The summed E-state index contributed by atoms with van der Waals surface area (Å²) in [6.07, 6.45) is 11.9. The lowest BCUT2D eigenvalue weighted by molar-refractivity contribution is 0.0207. The van der Waals surface area contributed by atoms with Gasteiger partial charge in [-0.3, -0.25) is 4.79 Å². The van der Waals surface area contributed by atoms with Gasteiger partial charge in [-0.1, -0.05) is 84.6 Å². The van der Waals surface area contributed by atoms with Crippen LogP contribution in [0.2, 0.25) is 0 Å². The van der Waals surface area contributed by atoms with E-state index < -0.39 is 17.3 Å². The molecule has 40 heavy (non-hydrogen) atoms. The molecule has 1 aromatic carbocycles. The summed E-state index contributed by atoms with van der Waals surface area (Å²) in [5, 5.41) is 6.64. The van der Waals surface area contributed by atoms with Gasteiger partial charge in [0.2, 0.25) is 0 Å². The number of thiazole rings is 1. The van der Waals surface area contributed by atoms with Crippen molar-refractivity contribution in [1.82, 2.24) is 20.3 Å². The number of hydrogen-bond donors (Lipinski definition) is 2. The molecule has 0 saturated carbocycles. The molecule has 0 saturated heterocycles. The van der Waals surface area contributed by atoms with Crippen LogP contribution in [0.4, 0.5) is 15.3 Å². The molecule has 10 heteroatoms. The first-order chi connectivity index (χ1) is 19.5. The molecule has 3 aromatic heterocycles. The van der Waals surface area contributed by atoms with Gasteiger partial charge in [0.25, 0.3) is 5.91 Å². The molecule has 0 fully saturated rings. The molecule has 2 atom stereocenters. The highest BCUT2D eigenvalue weighted by Gasteiger charge is 2.37. The summed E-state index contributed by atoms with van der Waals surface area (Å²) >= 11 is 2.54. The molecule has 7 nitrogen and oxygen atoms in total. The lowest BCUT2D eigenvalue weighted by atomic mass is 9.81. The Labute approximate surface area is 240 Å². The van der Waals surface area contributed by atoms with Gasteiger partial charge in [0.1, 0.15) is 11.4 Å². The van der Waals surface area contributed by atoms with Gasteiger partial charge in [-0.15, -0.1) is 0 Å². The standard InChI is InChI=1S/C30H28FN5O2S2/c1-20-11-13-22(14-12-20)30(38-2,21-8-4-3-5-9-21)19-35-28(37)27-26(31)23(15-17-33-27)39-25-18-34-29(40-25)36-24-10-6-7-16-32-24/h3-11,13-18,20H,12,19H2,1-2H3,(H,35,37)(H,32,34,36). The Hall–Kier alpha value is -3.86. The van der Waals surface area contributed by atoms with Gasteiger partial charge >= 0.3 is 0 Å². The molecule has 0 radical (unpaired) electrons. The van der Waals surface area contributed by atoms with E-state index in [0.29, 0.717) is 16.9 Å². The Morgan fingerprint density at radius 2 is 1.95 bits per heavy atom. The molecule has 0 bridgehead atoms. The Balaban J connectivity index is 1.33.